The Morgan fingerprint density at radius 2 is 1.95 bits per heavy atom. The molecule has 208 valence electrons. The van der Waals surface area contributed by atoms with Crippen LogP contribution in [0.2, 0.25) is 0 Å². The van der Waals surface area contributed by atoms with Crippen LogP contribution < -0.4 is 15.7 Å². The number of aryl methyl sites for hydroxylation is 2. The van der Waals surface area contributed by atoms with E-state index in [-0.39, 0.29) is 23.0 Å². The number of thiophene rings is 1. The molecule has 0 radical (unpaired) electrons. The molecule has 0 unspecified atom stereocenters. The van der Waals surface area contributed by atoms with Crippen molar-refractivity contribution in [3.63, 3.8) is 0 Å². The highest BCUT2D eigenvalue weighted by Gasteiger charge is 2.23. The summed E-state index contributed by atoms with van der Waals surface area (Å²) in [5.41, 5.74) is 4.72. The van der Waals surface area contributed by atoms with Crippen LogP contribution in [0, 0.1) is 0 Å². The number of nitrogens with zero attached hydrogens (tertiary/aromatic N) is 3. The third-order valence-corrected chi connectivity index (χ3v) is 9.15. The number of amides is 1. The maximum Gasteiger partial charge on any atom is 0.267 e. The summed E-state index contributed by atoms with van der Waals surface area (Å²) in [4.78, 5) is 33.6. The predicted molar refractivity (Wildman–Crippen MR) is 165 cm³/mol. The predicted octanol–water partition coefficient (Wildman–Crippen LogP) is 5.83. The van der Waals surface area contributed by atoms with Gasteiger partial charge in [-0.3, -0.25) is 14.2 Å². The van der Waals surface area contributed by atoms with E-state index in [1.54, 1.807) is 22.0 Å². The molecule has 0 aliphatic heterocycles. The van der Waals surface area contributed by atoms with E-state index in [0.717, 1.165) is 52.6 Å². The molecule has 2 heterocycles. The van der Waals surface area contributed by atoms with Gasteiger partial charge in [0, 0.05) is 10.4 Å². The summed E-state index contributed by atoms with van der Waals surface area (Å²) >= 11 is 2.77. The second kappa shape index (κ2) is 11.8. The van der Waals surface area contributed by atoms with Crippen LogP contribution in [0.5, 0.6) is 11.5 Å². The summed E-state index contributed by atoms with van der Waals surface area (Å²) in [6.07, 6.45) is 5.47. The molecule has 5 aromatic rings. The first-order chi connectivity index (χ1) is 20.0. The molecular weight excluding hydrogens is 556 g/mol. The number of carbonyl (C=O) groups excluding carboxylic acids is 1. The number of hydrogen-bond donors (Lipinski definition) is 2. The molecule has 2 aromatic heterocycles. The van der Waals surface area contributed by atoms with E-state index in [1.165, 1.54) is 22.9 Å². The normalized spacial score (nSPS) is 13.1. The van der Waals surface area contributed by atoms with Crippen LogP contribution in [0.1, 0.15) is 35.8 Å². The topological polar surface area (TPSA) is 106 Å². The van der Waals surface area contributed by atoms with Crippen LogP contribution in [0.3, 0.4) is 0 Å². The minimum Gasteiger partial charge on any atom is -0.507 e. The number of hydrazone groups is 1. The van der Waals surface area contributed by atoms with Crippen molar-refractivity contribution in [1.82, 2.24) is 15.0 Å². The fraction of sp³-hybridized carbons (Fsp3) is 0.226. The van der Waals surface area contributed by atoms with Crippen LogP contribution in [-0.2, 0) is 17.6 Å². The van der Waals surface area contributed by atoms with Crippen molar-refractivity contribution in [2.75, 3.05) is 12.4 Å². The van der Waals surface area contributed by atoms with Gasteiger partial charge in [-0.2, -0.15) is 5.10 Å². The van der Waals surface area contributed by atoms with Gasteiger partial charge in [-0.25, -0.2) is 10.4 Å². The van der Waals surface area contributed by atoms with Crippen LogP contribution >= 0.6 is 23.1 Å². The lowest BCUT2D eigenvalue weighted by Crippen LogP contribution is -2.24. The molecule has 0 bridgehead atoms. The number of phenolic OH excluding ortho intramolecular Hbond substituents is 1. The molecule has 6 rings (SSSR count). The minimum atomic E-state index is -0.357. The first-order valence-electron chi connectivity index (χ1n) is 13.5. The summed E-state index contributed by atoms with van der Waals surface area (Å²) in [5, 5.41) is 17.3. The second-order valence-electron chi connectivity index (χ2n) is 9.65. The molecule has 41 heavy (non-hydrogen) atoms. The van der Waals surface area contributed by atoms with Gasteiger partial charge in [0.15, 0.2) is 5.16 Å². The zero-order valence-electron chi connectivity index (χ0n) is 22.4. The first-order valence-corrected chi connectivity index (χ1v) is 15.3. The van der Waals surface area contributed by atoms with E-state index in [9.17, 15) is 14.7 Å². The van der Waals surface area contributed by atoms with Crippen LogP contribution in [-0.4, -0.2) is 39.1 Å². The van der Waals surface area contributed by atoms with Crippen molar-refractivity contribution in [3.8, 4) is 17.2 Å². The van der Waals surface area contributed by atoms with Gasteiger partial charge in [-0.05, 0) is 79.3 Å². The number of carbonyl (C=O) groups is 1. The number of aromatic nitrogens is 2. The number of benzene rings is 3. The molecule has 0 spiro atoms. The Labute approximate surface area is 244 Å². The van der Waals surface area contributed by atoms with Gasteiger partial charge in [-0.15, -0.1) is 11.3 Å². The molecule has 8 nitrogen and oxygen atoms in total. The van der Waals surface area contributed by atoms with Gasteiger partial charge >= 0.3 is 0 Å². The summed E-state index contributed by atoms with van der Waals surface area (Å²) in [6.45, 7) is 2.47. The molecule has 0 saturated heterocycles. The highest BCUT2D eigenvalue weighted by molar-refractivity contribution is 7.99. The maximum atomic E-state index is 13.9. The Bertz CT molecular complexity index is 1840. The molecule has 0 saturated carbocycles. The fourth-order valence-corrected chi connectivity index (χ4v) is 7.23. The fourth-order valence-electron chi connectivity index (χ4n) is 5.12. The maximum absolute atomic E-state index is 13.9. The van der Waals surface area contributed by atoms with Gasteiger partial charge in [0.05, 0.1) is 29.6 Å². The SMILES string of the molecule is CCOc1ccc(-n2c(SCC(=O)NN=Cc3c(O)ccc4ccccc34)nc3sc4c(c3c2=O)CCCC4)cc1. The van der Waals surface area contributed by atoms with E-state index in [4.69, 9.17) is 9.72 Å². The van der Waals surface area contributed by atoms with Crippen molar-refractivity contribution < 1.29 is 14.6 Å². The standard InChI is InChI=1S/C31H28N4O4S2/c1-2-39-21-14-12-20(13-15-21)35-30(38)28-23-9-5-6-10-26(23)41-29(28)33-31(35)40-18-27(37)34-32-17-24-22-8-4-3-7-19(22)11-16-25(24)36/h3-4,7-8,11-17,36H,2,5-6,9-10,18H2,1H3,(H,34,37). The average Bonchev–Trinajstić information content (AvgIpc) is 3.37. The molecule has 3 aromatic carbocycles. The van der Waals surface area contributed by atoms with Gasteiger partial charge in [-0.1, -0.05) is 42.1 Å². The Morgan fingerprint density at radius 1 is 1.15 bits per heavy atom. The Balaban J connectivity index is 1.27. The van der Waals surface area contributed by atoms with Crippen molar-refractivity contribution in [1.29, 1.82) is 0 Å². The second-order valence-corrected chi connectivity index (χ2v) is 11.7. The number of phenols is 1. The van der Waals surface area contributed by atoms with Crippen LogP contribution in [0.15, 0.2) is 75.7 Å². The molecule has 0 fully saturated rings. The smallest absolute Gasteiger partial charge is 0.267 e. The third-order valence-electron chi connectivity index (χ3n) is 7.03. The van der Waals surface area contributed by atoms with Crippen LogP contribution in [0.4, 0.5) is 0 Å². The molecule has 10 heteroatoms. The number of fused-ring (bicyclic) bond motifs is 4. The van der Waals surface area contributed by atoms with Crippen molar-refractivity contribution in [3.05, 3.63) is 87.0 Å². The monoisotopic (exact) mass is 584 g/mol. The minimum absolute atomic E-state index is 0.00107. The van der Waals surface area contributed by atoms with Gasteiger partial charge < -0.3 is 9.84 Å². The van der Waals surface area contributed by atoms with E-state index < -0.39 is 0 Å². The third kappa shape index (κ3) is 5.45. The molecule has 1 aliphatic rings. The lowest BCUT2D eigenvalue weighted by atomic mass is 9.97. The number of ether oxygens (including phenoxy) is 1. The summed E-state index contributed by atoms with van der Waals surface area (Å²) < 4.78 is 7.17. The summed E-state index contributed by atoms with van der Waals surface area (Å²) in [6, 6.07) is 18.4. The zero-order chi connectivity index (χ0) is 28.3. The highest BCUT2D eigenvalue weighted by atomic mass is 32.2. The van der Waals surface area contributed by atoms with E-state index in [2.05, 4.69) is 10.5 Å². The first kappa shape index (κ1) is 27.0. The van der Waals surface area contributed by atoms with E-state index >= 15 is 0 Å². The molecule has 1 aliphatic carbocycles. The van der Waals surface area contributed by atoms with E-state index in [0.29, 0.717) is 28.4 Å². The summed E-state index contributed by atoms with van der Waals surface area (Å²) in [7, 11) is 0. The molecular formula is C31H28N4O4S2. The van der Waals surface area contributed by atoms with Crippen molar-refractivity contribution >= 4 is 56.2 Å². The van der Waals surface area contributed by atoms with Crippen molar-refractivity contribution in [2.45, 2.75) is 37.8 Å². The molecule has 1 amide bonds. The number of thioether (sulfide) groups is 1. The summed E-state index contributed by atoms with van der Waals surface area (Å²) in [5.74, 6) is 0.435. The van der Waals surface area contributed by atoms with Crippen LogP contribution in [0.25, 0.3) is 26.7 Å². The number of aromatic hydroxyl groups is 1. The van der Waals surface area contributed by atoms with Gasteiger partial charge in [0.25, 0.3) is 11.5 Å². The highest BCUT2D eigenvalue weighted by Crippen LogP contribution is 2.35. The largest absolute Gasteiger partial charge is 0.507 e. The quantitative estimate of drug-likeness (QED) is 0.103. The average molecular weight is 585 g/mol. The van der Waals surface area contributed by atoms with E-state index in [1.807, 2.05) is 61.5 Å². The zero-order valence-corrected chi connectivity index (χ0v) is 24.1. The molecule has 2 N–H and O–H groups in total. The van der Waals surface area contributed by atoms with Gasteiger partial charge in [0.2, 0.25) is 0 Å². The Morgan fingerprint density at radius 3 is 2.78 bits per heavy atom. The molecule has 0 atom stereocenters. The number of rotatable bonds is 8. The van der Waals surface area contributed by atoms with Crippen molar-refractivity contribution in [2.24, 2.45) is 5.10 Å². The van der Waals surface area contributed by atoms with Gasteiger partial charge in [0.1, 0.15) is 16.3 Å². The Hall–Kier alpha value is -4.15. The Kier molecular flexibility index (Phi) is 7.76. The lowest BCUT2D eigenvalue weighted by Gasteiger charge is -2.14. The number of hydrogen-bond acceptors (Lipinski definition) is 8. The lowest BCUT2D eigenvalue weighted by molar-refractivity contribution is -0.118. The number of nitrogens with one attached hydrogen (secondary N) is 1.